The summed E-state index contributed by atoms with van der Waals surface area (Å²) in [7, 11) is 3.04. The van der Waals surface area contributed by atoms with Gasteiger partial charge in [0, 0.05) is 17.3 Å². The number of halogens is 1. The molecule has 0 spiro atoms. The number of aromatic nitrogens is 1. The van der Waals surface area contributed by atoms with Crippen LogP contribution in [-0.2, 0) is 6.54 Å². The molecule has 0 amide bonds. The Balaban J connectivity index is 1.90. The maximum absolute atomic E-state index is 14.3. The first-order valence-electron chi connectivity index (χ1n) is 9.65. The van der Waals surface area contributed by atoms with Gasteiger partial charge in [-0.05, 0) is 48.5 Å². The van der Waals surface area contributed by atoms with Crippen LogP contribution >= 0.6 is 0 Å². The Labute approximate surface area is 178 Å². The molecule has 156 valence electrons. The molecular formula is C25H20FNO4. The van der Waals surface area contributed by atoms with Gasteiger partial charge in [-0.25, -0.2) is 4.39 Å². The number of fused-ring (bicyclic) bond motifs is 1. The monoisotopic (exact) mass is 417 g/mol. The molecule has 31 heavy (non-hydrogen) atoms. The van der Waals surface area contributed by atoms with Crippen molar-refractivity contribution in [3.05, 3.63) is 106 Å². The van der Waals surface area contributed by atoms with Gasteiger partial charge in [-0.1, -0.05) is 18.2 Å². The predicted molar refractivity (Wildman–Crippen MR) is 117 cm³/mol. The number of carbonyl (C=O) groups is 1. The Morgan fingerprint density at radius 2 is 1.61 bits per heavy atom. The number of hydrogen-bond acceptors (Lipinski definition) is 4. The fourth-order valence-electron chi connectivity index (χ4n) is 3.50. The van der Waals surface area contributed by atoms with Crippen LogP contribution in [0, 0.1) is 5.82 Å². The smallest absolute Gasteiger partial charge is 0.200 e. The summed E-state index contributed by atoms with van der Waals surface area (Å²) in [5, 5.41) is 0.329. The van der Waals surface area contributed by atoms with Crippen LogP contribution in [-0.4, -0.2) is 24.6 Å². The van der Waals surface area contributed by atoms with Crippen LogP contribution in [0.4, 0.5) is 4.39 Å². The van der Waals surface area contributed by atoms with E-state index < -0.39 is 11.2 Å². The normalized spacial score (nSPS) is 10.8. The van der Waals surface area contributed by atoms with E-state index in [1.807, 2.05) is 0 Å². The SMILES string of the molecule is COc1ccc(C(=O)c2cn(Cc3ccccc3F)c3ccc(OC)cc3c2=O)cc1. The summed E-state index contributed by atoms with van der Waals surface area (Å²) in [6.07, 6.45) is 1.50. The van der Waals surface area contributed by atoms with Crippen molar-refractivity contribution < 1.29 is 18.7 Å². The number of methoxy groups -OCH3 is 2. The minimum atomic E-state index is -0.417. The van der Waals surface area contributed by atoms with Gasteiger partial charge in [0.15, 0.2) is 5.78 Å². The molecule has 1 aromatic heterocycles. The average molecular weight is 417 g/mol. The van der Waals surface area contributed by atoms with Gasteiger partial charge in [-0.2, -0.15) is 0 Å². The third kappa shape index (κ3) is 3.92. The van der Waals surface area contributed by atoms with E-state index in [9.17, 15) is 14.0 Å². The molecule has 5 nitrogen and oxygen atoms in total. The van der Waals surface area contributed by atoms with E-state index in [4.69, 9.17) is 9.47 Å². The van der Waals surface area contributed by atoms with Gasteiger partial charge in [-0.3, -0.25) is 9.59 Å². The Morgan fingerprint density at radius 3 is 2.29 bits per heavy atom. The lowest BCUT2D eigenvalue weighted by Gasteiger charge is -2.15. The second kappa shape index (κ2) is 8.44. The van der Waals surface area contributed by atoms with Gasteiger partial charge in [0.2, 0.25) is 5.43 Å². The van der Waals surface area contributed by atoms with Gasteiger partial charge in [0.25, 0.3) is 0 Å². The number of ketones is 1. The minimum absolute atomic E-state index is 0.00209. The molecule has 3 aromatic carbocycles. The molecular weight excluding hydrogens is 397 g/mol. The number of carbonyl (C=O) groups excluding carboxylic acids is 1. The molecule has 6 heteroatoms. The summed E-state index contributed by atoms with van der Waals surface area (Å²) >= 11 is 0. The van der Waals surface area contributed by atoms with E-state index in [0.29, 0.717) is 33.5 Å². The third-order valence-corrected chi connectivity index (χ3v) is 5.18. The summed E-state index contributed by atoms with van der Waals surface area (Å²) in [4.78, 5) is 26.4. The summed E-state index contributed by atoms with van der Waals surface area (Å²) in [5.41, 5.74) is 0.991. The van der Waals surface area contributed by atoms with Crippen molar-refractivity contribution in [1.82, 2.24) is 4.57 Å². The zero-order valence-electron chi connectivity index (χ0n) is 17.1. The highest BCUT2D eigenvalue weighted by Gasteiger charge is 2.18. The average Bonchev–Trinajstić information content (AvgIpc) is 2.81. The molecule has 0 atom stereocenters. The Hall–Kier alpha value is -3.93. The number of rotatable bonds is 6. The zero-order chi connectivity index (χ0) is 22.0. The Bertz CT molecular complexity index is 1330. The highest BCUT2D eigenvalue weighted by molar-refractivity contribution is 6.10. The first-order valence-corrected chi connectivity index (χ1v) is 9.65. The Morgan fingerprint density at radius 1 is 0.935 bits per heavy atom. The van der Waals surface area contributed by atoms with Gasteiger partial charge in [0.1, 0.15) is 17.3 Å². The van der Waals surface area contributed by atoms with Gasteiger partial charge >= 0.3 is 0 Å². The maximum atomic E-state index is 14.3. The minimum Gasteiger partial charge on any atom is -0.497 e. The van der Waals surface area contributed by atoms with Crippen molar-refractivity contribution in [2.45, 2.75) is 6.54 Å². The molecule has 4 rings (SSSR count). The van der Waals surface area contributed by atoms with Crippen LogP contribution in [0.2, 0.25) is 0 Å². The van der Waals surface area contributed by atoms with Crippen LogP contribution in [0.5, 0.6) is 11.5 Å². The van der Waals surface area contributed by atoms with Crippen molar-refractivity contribution in [2.24, 2.45) is 0 Å². The van der Waals surface area contributed by atoms with E-state index in [1.165, 1.54) is 26.5 Å². The van der Waals surface area contributed by atoms with Gasteiger partial charge in [0.05, 0.1) is 37.2 Å². The summed E-state index contributed by atoms with van der Waals surface area (Å²) in [6.45, 7) is 0.165. The topological polar surface area (TPSA) is 57.5 Å². The zero-order valence-corrected chi connectivity index (χ0v) is 17.1. The number of benzene rings is 3. The predicted octanol–water partition coefficient (Wildman–Crippen LogP) is 4.44. The van der Waals surface area contributed by atoms with Crippen molar-refractivity contribution in [3.8, 4) is 11.5 Å². The van der Waals surface area contributed by atoms with E-state index in [-0.39, 0.29) is 17.9 Å². The van der Waals surface area contributed by atoms with E-state index in [2.05, 4.69) is 0 Å². The molecule has 0 bridgehead atoms. The van der Waals surface area contributed by atoms with Crippen LogP contribution < -0.4 is 14.9 Å². The molecule has 0 saturated carbocycles. The fourth-order valence-corrected chi connectivity index (χ4v) is 3.50. The van der Waals surface area contributed by atoms with Gasteiger partial charge in [-0.15, -0.1) is 0 Å². The highest BCUT2D eigenvalue weighted by atomic mass is 19.1. The van der Waals surface area contributed by atoms with Crippen LogP contribution in [0.1, 0.15) is 21.5 Å². The van der Waals surface area contributed by atoms with E-state index >= 15 is 0 Å². The molecule has 0 radical (unpaired) electrons. The molecule has 4 aromatic rings. The lowest BCUT2D eigenvalue weighted by molar-refractivity contribution is 0.103. The summed E-state index contributed by atoms with van der Waals surface area (Å²) < 4.78 is 26.4. The first-order chi connectivity index (χ1) is 15.0. The van der Waals surface area contributed by atoms with E-state index in [1.54, 1.807) is 65.2 Å². The lowest BCUT2D eigenvalue weighted by atomic mass is 10.0. The van der Waals surface area contributed by atoms with Crippen molar-refractivity contribution >= 4 is 16.7 Å². The van der Waals surface area contributed by atoms with Crippen molar-refractivity contribution in [3.63, 3.8) is 0 Å². The number of pyridine rings is 1. The van der Waals surface area contributed by atoms with Crippen LogP contribution in [0.3, 0.4) is 0 Å². The quantitative estimate of drug-likeness (QED) is 0.436. The number of nitrogens with zero attached hydrogens (tertiary/aromatic N) is 1. The fraction of sp³-hybridized carbons (Fsp3) is 0.120. The van der Waals surface area contributed by atoms with Crippen LogP contribution in [0.25, 0.3) is 10.9 Å². The highest BCUT2D eigenvalue weighted by Crippen LogP contribution is 2.22. The van der Waals surface area contributed by atoms with E-state index in [0.717, 1.165) is 0 Å². The summed E-state index contributed by atoms with van der Waals surface area (Å²) in [5.74, 6) is 0.332. The molecule has 0 aliphatic rings. The van der Waals surface area contributed by atoms with Crippen molar-refractivity contribution in [2.75, 3.05) is 14.2 Å². The molecule has 0 fully saturated rings. The summed E-state index contributed by atoms with van der Waals surface area (Å²) in [6, 6.07) is 18.0. The standard InChI is InChI=1S/C25H20FNO4/c1-30-18-9-7-16(8-10-18)24(28)21-15-27(14-17-5-3-4-6-22(17)26)23-12-11-19(31-2)13-20(23)25(21)29/h3-13,15H,14H2,1-2H3. The maximum Gasteiger partial charge on any atom is 0.200 e. The van der Waals surface area contributed by atoms with Gasteiger partial charge < -0.3 is 14.0 Å². The lowest BCUT2D eigenvalue weighted by Crippen LogP contribution is -2.20. The number of ether oxygens (including phenoxy) is 2. The van der Waals surface area contributed by atoms with Crippen LogP contribution in [0.15, 0.2) is 77.7 Å². The second-order valence-electron chi connectivity index (χ2n) is 7.03. The molecule has 0 aliphatic heterocycles. The van der Waals surface area contributed by atoms with Crippen molar-refractivity contribution in [1.29, 1.82) is 0 Å². The molecule has 0 N–H and O–H groups in total. The molecule has 0 unspecified atom stereocenters. The second-order valence-corrected chi connectivity index (χ2v) is 7.03. The number of hydrogen-bond donors (Lipinski definition) is 0. The first kappa shape index (κ1) is 20.3. The molecule has 1 heterocycles. The molecule has 0 saturated heterocycles. The Kier molecular flexibility index (Phi) is 5.54. The largest absolute Gasteiger partial charge is 0.497 e. The third-order valence-electron chi connectivity index (χ3n) is 5.18. The molecule has 0 aliphatic carbocycles.